The lowest BCUT2D eigenvalue weighted by Crippen LogP contribution is -2.60. The fraction of sp³-hybridized carbons (Fsp3) is 0.556. The predicted molar refractivity (Wildman–Crippen MR) is 91.6 cm³/mol. The van der Waals surface area contributed by atoms with Gasteiger partial charge in [-0.3, -0.25) is 9.69 Å². The summed E-state index contributed by atoms with van der Waals surface area (Å²) in [4.78, 5) is 19.1. The van der Waals surface area contributed by atoms with Crippen molar-refractivity contribution in [2.24, 2.45) is 7.05 Å². The number of rotatable bonds is 6. The molecule has 2 aromatic rings. The normalized spacial score (nSPS) is 17.7. The fourth-order valence-corrected chi connectivity index (χ4v) is 3.67. The van der Waals surface area contributed by atoms with Crippen LogP contribution >= 0.6 is 0 Å². The molecule has 0 spiro atoms. The first kappa shape index (κ1) is 16.9. The van der Waals surface area contributed by atoms with Crippen LogP contribution in [-0.2, 0) is 27.9 Å². The molecule has 1 saturated carbocycles. The third-order valence-electron chi connectivity index (χ3n) is 5.24. The van der Waals surface area contributed by atoms with Crippen molar-refractivity contribution in [2.45, 2.75) is 37.5 Å². The standard InChI is InChI=1S/C18H25N3O3/c1-20(16(17(22)23-3)18(24-4)10-7-11-18)12-15-19-13-8-5-6-9-14(13)21(15)2/h5-6,8-9,16H,7,10-12H2,1-4H3/t16-/m1/s1. The van der Waals surface area contributed by atoms with Crippen LogP contribution in [0.5, 0.6) is 0 Å². The van der Waals surface area contributed by atoms with Crippen LogP contribution in [0, 0.1) is 0 Å². The summed E-state index contributed by atoms with van der Waals surface area (Å²) in [5, 5.41) is 0. The Morgan fingerprint density at radius 1 is 1.38 bits per heavy atom. The van der Waals surface area contributed by atoms with E-state index in [1.807, 2.05) is 43.3 Å². The maximum Gasteiger partial charge on any atom is 0.326 e. The molecule has 1 fully saturated rings. The van der Waals surface area contributed by atoms with Crippen LogP contribution in [0.2, 0.25) is 0 Å². The first-order valence-corrected chi connectivity index (χ1v) is 8.26. The van der Waals surface area contributed by atoms with Gasteiger partial charge >= 0.3 is 5.97 Å². The Balaban J connectivity index is 1.88. The molecule has 1 atom stereocenters. The van der Waals surface area contributed by atoms with E-state index in [2.05, 4.69) is 4.57 Å². The average Bonchev–Trinajstić information content (AvgIpc) is 2.86. The Morgan fingerprint density at radius 2 is 2.08 bits per heavy atom. The number of methoxy groups -OCH3 is 2. The van der Waals surface area contributed by atoms with Gasteiger partial charge in [-0.05, 0) is 38.4 Å². The van der Waals surface area contributed by atoms with E-state index < -0.39 is 11.6 Å². The van der Waals surface area contributed by atoms with Gasteiger partial charge in [0.1, 0.15) is 11.9 Å². The number of imidazole rings is 1. The van der Waals surface area contributed by atoms with Crippen molar-refractivity contribution in [1.82, 2.24) is 14.5 Å². The second-order valence-corrected chi connectivity index (χ2v) is 6.54. The van der Waals surface area contributed by atoms with Crippen LogP contribution in [-0.4, -0.2) is 53.3 Å². The van der Waals surface area contributed by atoms with Crippen molar-refractivity contribution in [3.8, 4) is 0 Å². The molecule has 0 unspecified atom stereocenters. The minimum absolute atomic E-state index is 0.252. The van der Waals surface area contributed by atoms with Crippen LogP contribution in [0.1, 0.15) is 25.1 Å². The van der Waals surface area contributed by atoms with Gasteiger partial charge in [-0.15, -0.1) is 0 Å². The number of carbonyl (C=O) groups excluding carboxylic acids is 1. The molecule has 0 radical (unpaired) electrons. The van der Waals surface area contributed by atoms with Crippen LogP contribution in [0.25, 0.3) is 11.0 Å². The topological polar surface area (TPSA) is 56.6 Å². The van der Waals surface area contributed by atoms with E-state index >= 15 is 0 Å². The minimum Gasteiger partial charge on any atom is -0.468 e. The lowest BCUT2D eigenvalue weighted by molar-refractivity contribution is -0.173. The predicted octanol–water partition coefficient (Wildman–Crippen LogP) is 2.12. The molecule has 0 N–H and O–H groups in total. The summed E-state index contributed by atoms with van der Waals surface area (Å²) in [7, 11) is 7.04. The first-order valence-electron chi connectivity index (χ1n) is 8.26. The number of para-hydroxylation sites is 2. The molecule has 3 rings (SSSR count). The number of hydrogen-bond donors (Lipinski definition) is 0. The molecule has 1 heterocycles. The van der Waals surface area contributed by atoms with Crippen LogP contribution < -0.4 is 0 Å². The average molecular weight is 331 g/mol. The van der Waals surface area contributed by atoms with Crippen LogP contribution in [0.4, 0.5) is 0 Å². The van der Waals surface area contributed by atoms with Gasteiger partial charge < -0.3 is 14.0 Å². The van der Waals surface area contributed by atoms with Gasteiger partial charge in [0.25, 0.3) is 0 Å². The van der Waals surface area contributed by atoms with Crippen molar-refractivity contribution >= 4 is 17.0 Å². The molecule has 0 aliphatic heterocycles. The minimum atomic E-state index is -0.452. The summed E-state index contributed by atoms with van der Waals surface area (Å²) < 4.78 is 12.9. The summed E-state index contributed by atoms with van der Waals surface area (Å²) >= 11 is 0. The van der Waals surface area contributed by atoms with Gasteiger partial charge in [-0.1, -0.05) is 12.1 Å². The van der Waals surface area contributed by atoms with Gasteiger partial charge in [0.15, 0.2) is 0 Å². The quantitative estimate of drug-likeness (QED) is 0.759. The van der Waals surface area contributed by atoms with Crippen LogP contribution in [0.15, 0.2) is 24.3 Å². The van der Waals surface area contributed by atoms with Gasteiger partial charge in [0.05, 0.1) is 30.3 Å². The molecule has 130 valence electrons. The highest BCUT2D eigenvalue weighted by atomic mass is 16.5. The second-order valence-electron chi connectivity index (χ2n) is 6.54. The number of aryl methyl sites for hydroxylation is 1. The number of fused-ring (bicyclic) bond motifs is 1. The molecular formula is C18H25N3O3. The van der Waals surface area contributed by atoms with E-state index in [1.54, 1.807) is 7.11 Å². The Bertz CT molecular complexity index is 731. The number of benzene rings is 1. The van der Waals surface area contributed by atoms with E-state index in [0.717, 1.165) is 36.1 Å². The maximum atomic E-state index is 12.4. The lowest BCUT2D eigenvalue weighted by atomic mass is 9.73. The largest absolute Gasteiger partial charge is 0.468 e. The zero-order chi connectivity index (χ0) is 17.3. The number of nitrogens with zero attached hydrogens (tertiary/aromatic N) is 3. The highest BCUT2D eigenvalue weighted by Gasteiger charge is 2.50. The van der Waals surface area contributed by atoms with Gasteiger partial charge in [0, 0.05) is 14.2 Å². The molecule has 6 nitrogen and oxygen atoms in total. The molecule has 0 saturated heterocycles. The maximum absolute atomic E-state index is 12.4. The molecule has 1 aliphatic rings. The zero-order valence-electron chi connectivity index (χ0n) is 14.8. The summed E-state index contributed by atoms with van der Waals surface area (Å²) in [5.41, 5.74) is 1.59. The molecule has 1 aromatic heterocycles. The molecule has 1 aliphatic carbocycles. The molecule has 0 bridgehead atoms. The Hall–Kier alpha value is -1.92. The fourth-order valence-electron chi connectivity index (χ4n) is 3.67. The molecule has 6 heteroatoms. The summed E-state index contributed by atoms with van der Waals surface area (Å²) in [5.74, 6) is 0.663. The van der Waals surface area contributed by atoms with Crippen molar-refractivity contribution in [3.05, 3.63) is 30.1 Å². The Morgan fingerprint density at radius 3 is 2.62 bits per heavy atom. The Kier molecular flexibility index (Phi) is 4.60. The van der Waals surface area contributed by atoms with Crippen LogP contribution in [0.3, 0.4) is 0 Å². The third-order valence-corrected chi connectivity index (χ3v) is 5.24. The number of aromatic nitrogens is 2. The van der Waals surface area contributed by atoms with E-state index in [1.165, 1.54) is 7.11 Å². The van der Waals surface area contributed by atoms with Crippen molar-refractivity contribution in [1.29, 1.82) is 0 Å². The van der Waals surface area contributed by atoms with E-state index in [9.17, 15) is 4.79 Å². The molecule has 24 heavy (non-hydrogen) atoms. The smallest absolute Gasteiger partial charge is 0.326 e. The highest BCUT2D eigenvalue weighted by molar-refractivity contribution is 5.78. The van der Waals surface area contributed by atoms with E-state index in [-0.39, 0.29) is 5.97 Å². The van der Waals surface area contributed by atoms with Crippen molar-refractivity contribution < 1.29 is 14.3 Å². The van der Waals surface area contributed by atoms with Crippen molar-refractivity contribution in [2.75, 3.05) is 21.3 Å². The number of carbonyl (C=O) groups is 1. The Labute approximate surface area is 142 Å². The number of ether oxygens (including phenoxy) is 2. The first-order chi connectivity index (χ1) is 11.5. The number of esters is 1. The third kappa shape index (κ3) is 2.70. The molecule has 0 amide bonds. The van der Waals surface area contributed by atoms with Gasteiger partial charge in [-0.25, -0.2) is 4.98 Å². The number of likely N-dealkylation sites (N-methyl/N-ethyl adjacent to an activating group) is 1. The number of hydrogen-bond acceptors (Lipinski definition) is 5. The van der Waals surface area contributed by atoms with E-state index in [0.29, 0.717) is 6.54 Å². The second kappa shape index (κ2) is 6.53. The SMILES string of the molecule is COC(=O)[C@@H](N(C)Cc1nc2ccccc2n1C)C1(OC)CCC1. The van der Waals surface area contributed by atoms with Gasteiger partial charge in [-0.2, -0.15) is 0 Å². The highest BCUT2D eigenvalue weighted by Crippen LogP contribution is 2.40. The van der Waals surface area contributed by atoms with Crippen molar-refractivity contribution in [3.63, 3.8) is 0 Å². The summed E-state index contributed by atoms with van der Waals surface area (Å²) in [6, 6.07) is 7.60. The monoisotopic (exact) mass is 331 g/mol. The van der Waals surface area contributed by atoms with E-state index in [4.69, 9.17) is 14.5 Å². The zero-order valence-corrected chi connectivity index (χ0v) is 14.8. The molecular weight excluding hydrogens is 306 g/mol. The summed E-state index contributed by atoms with van der Waals surface area (Å²) in [6.07, 6.45) is 2.81. The lowest BCUT2D eigenvalue weighted by Gasteiger charge is -2.47. The molecule has 1 aromatic carbocycles. The summed E-state index contributed by atoms with van der Waals surface area (Å²) in [6.45, 7) is 0.552. The van der Waals surface area contributed by atoms with Gasteiger partial charge in [0.2, 0.25) is 0 Å².